The van der Waals surface area contributed by atoms with Gasteiger partial charge in [0.1, 0.15) is 12.1 Å². The lowest BCUT2D eigenvalue weighted by molar-refractivity contribution is -0.148. The normalized spacial score (nSPS) is 17.8. The van der Waals surface area contributed by atoms with Gasteiger partial charge in [-0.25, -0.2) is 4.79 Å². The van der Waals surface area contributed by atoms with Crippen LogP contribution >= 0.6 is 0 Å². The van der Waals surface area contributed by atoms with Crippen LogP contribution in [-0.4, -0.2) is 77.4 Å². The van der Waals surface area contributed by atoms with Crippen LogP contribution in [0.1, 0.15) is 44.9 Å². The number of hydrogen-bond donors (Lipinski definition) is 6. The van der Waals surface area contributed by atoms with Crippen LogP contribution in [0.25, 0.3) is 0 Å². The van der Waals surface area contributed by atoms with Crippen LogP contribution < -0.4 is 27.8 Å². The molecular formula is C18H32N6O6. The van der Waals surface area contributed by atoms with Gasteiger partial charge in [0.2, 0.25) is 23.6 Å². The molecule has 0 bridgehead atoms. The Morgan fingerprint density at radius 1 is 1.10 bits per heavy atom. The Morgan fingerprint density at radius 3 is 2.40 bits per heavy atom. The molecule has 1 fully saturated rings. The Balaban J connectivity index is 2.64. The van der Waals surface area contributed by atoms with Gasteiger partial charge in [-0.15, -0.1) is 0 Å². The first kappa shape index (κ1) is 25.3. The molecule has 0 radical (unpaired) electrons. The van der Waals surface area contributed by atoms with Gasteiger partial charge < -0.3 is 37.8 Å². The van der Waals surface area contributed by atoms with Crippen LogP contribution in [0.3, 0.4) is 0 Å². The molecule has 12 heteroatoms. The summed E-state index contributed by atoms with van der Waals surface area (Å²) in [6.07, 6.45) is 2.46. The van der Waals surface area contributed by atoms with Crippen LogP contribution in [0.4, 0.5) is 0 Å². The van der Waals surface area contributed by atoms with Gasteiger partial charge in [-0.1, -0.05) is 6.42 Å². The maximum Gasteiger partial charge on any atom is 0.326 e. The number of aliphatic carboxylic acids is 1. The van der Waals surface area contributed by atoms with Crippen LogP contribution in [-0.2, 0) is 24.0 Å². The number of primary amides is 1. The quantitative estimate of drug-likeness (QED) is 0.171. The first-order valence-electron chi connectivity index (χ1n) is 10.0. The van der Waals surface area contributed by atoms with Gasteiger partial charge >= 0.3 is 5.97 Å². The van der Waals surface area contributed by atoms with Gasteiger partial charge in [0.25, 0.3) is 0 Å². The number of carboxylic acids is 1. The second-order valence-corrected chi connectivity index (χ2v) is 7.26. The number of likely N-dealkylation sites (tertiary alicyclic amines) is 1. The van der Waals surface area contributed by atoms with E-state index in [4.69, 9.17) is 22.3 Å². The highest BCUT2D eigenvalue weighted by molar-refractivity contribution is 5.93. The molecule has 1 saturated heterocycles. The average Bonchev–Trinajstić information content (AvgIpc) is 3.19. The van der Waals surface area contributed by atoms with E-state index in [2.05, 4.69) is 10.6 Å². The third-order valence-corrected chi connectivity index (χ3v) is 4.89. The number of carboxylic acid groups (broad SMARTS) is 1. The fourth-order valence-corrected chi connectivity index (χ4v) is 3.18. The number of hydrogen-bond acceptors (Lipinski definition) is 7. The third-order valence-electron chi connectivity index (χ3n) is 4.89. The Labute approximate surface area is 174 Å². The number of nitrogens with two attached hydrogens (primary N) is 3. The van der Waals surface area contributed by atoms with Crippen LogP contribution in [0.15, 0.2) is 0 Å². The highest BCUT2D eigenvalue weighted by atomic mass is 16.4. The fourth-order valence-electron chi connectivity index (χ4n) is 3.18. The molecule has 12 nitrogen and oxygen atoms in total. The molecule has 1 aliphatic rings. The molecule has 0 aromatic rings. The van der Waals surface area contributed by atoms with Gasteiger partial charge in [-0.05, 0) is 38.6 Å². The van der Waals surface area contributed by atoms with Crippen molar-refractivity contribution in [1.29, 1.82) is 0 Å². The van der Waals surface area contributed by atoms with Crippen molar-refractivity contribution in [3.8, 4) is 0 Å². The van der Waals surface area contributed by atoms with Crippen molar-refractivity contribution in [2.75, 3.05) is 19.6 Å². The zero-order chi connectivity index (χ0) is 22.7. The number of amides is 4. The van der Waals surface area contributed by atoms with Crippen molar-refractivity contribution in [1.82, 2.24) is 15.5 Å². The van der Waals surface area contributed by atoms with Gasteiger partial charge in [0.05, 0.1) is 12.6 Å². The number of carbonyl (C=O) groups excluding carboxylic acids is 4. The van der Waals surface area contributed by atoms with E-state index >= 15 is 0 Å². The maximum atomic E-state index is 12.5. The maximum absolute atomic E-state index is 12.5. The third kappa shape index (κ3) is 8.33. The van der Waals surface area contributed by atoms with E-state index in [1.807, 2.05) is 0 Å². The number of carbonyl (C=O) groups is 5. The minimum atomic E-state index is -1.10. The van der Waals surface area contributed by atoms with Gasteiger partial charge in [-0.2, -0.15) is 0 Å². The van der Waals surface area contributed by atoms with Crippen LogP contribution in [0.2, 0.25) is 0 Å². The fraction of sp³-hybridized carbons (Fsp3) is 0.722. The summed E-state index contributed by atoms with van der Waals surface area (Å²) in [6.45, 7) is 0.352. The summed E-state index contributed by atoms with van der Waals surface area (Å²) in [7, 11) is 0. The molecule has 3 unspecified atom stereocenters. The summed E-state index contributed by atoms with van der Waals surface area (Å²) in [6, 6.07) is -2.86. The number of unbranched alkanes of at least 4 members (excludes halogenated alkanes) is 1. The molecule has 30 heavy (non-hydrogen) atoms. The SMILES string of the molecule is NCCCCC(N)C(=O)NC(CCC(N)=O)C(=O)NCC(=O)N1CCCC1C(=O)O. The first-order valence-corrected chi connectivity index (χ1v) is 10.0. The molecule has 4 amide bonds. The molecule has 0 spiro atoms. The Morgan fingerprint density at radius 2 is 1.80 bits per heavy atom. The summed E-state index contributed by atoms with van der Waals surface area (Å²) in [5, 5.41) is 14.0. The van der Waals surface area contributed by atoms with E-state index in [1.54, 1.807) is 0 Å². The summed E-state index contributed by atoms with van der Waals surface area (Å²) >= 11 is 0. The Kier molecular flexibility index (Phi) is 10.8. The Hall–Kier alpha value is -2.73. The molecule has 1 heterocycles. The van der Waals surface area contributed by atoms with E-state index in [0.29, 0.717) is 45.2 Å². The van der Waals surface area contributed by atoms with Crippen LogP contribution in [0.5, 0.6) is 0 Å². The number of nitrogens with zero attached hydrogens (tertiary/aromatic N) is 1. The minimum Gasteiger partial charge on any atom is -0.480 e. The summed E-state index contributed by atoms with van der Waals surface area (Å²) < 4.78 is 0. The van der Waals surface area contributed by atoms with E-state index < -0.39 is 54.3 Å². The summed E-state index contributed by atoms with van der Waals surface area (Å²) in [5.41, 5.74) is 16.3. The molecule has 3 atom stereocenters. The molecule has 0 aromatic heterocycles. The lowest BCUT2D eigenvalue weighted by atomic mass is 10.1. The topological polar surface area (TPSA) is 211 Å². The molecule has 0 aromatic carbocycles. The van der Waals surface area contributed by atoms with Crippen molar-refractivity contribution < 1.29 is 29.1 Å². The van der Waals surface area contributed by atoms with Crippen molar-refractivity contribution in [2.45, 2.75) is 63.1 Å². The first-order chi connectivity index (χ1) is 14.2. The van der Waals surface area contributed by atoms with Gasteiger partial charge in [-0.3, -0.25) is 19.2 Å². The Bertz CT molecular complexity index is 643. The second kappa shape index (κ2) is 12.8. The van der Waals surface area contributed by atoms with E-state index in [9.17, 15) is 24.0 Å². The van der Waals surface area contributed by atoms with Gasteiger partial charge in [0.15, 0.2) is 0 Å². The molecule has 9 N–H and O–H groups in total. The standard InChI is InChI=1S/C18H32N6O6/c19-8-2-1-4-11(20)16(27)23-12(6-7-14(21)25)17(28)22-10-15(26)24-9-3-5-13(24)18(29)30/h11-13H,1-10,19-20H2,(H2,21,25)(H,22,28)(H,23,27)(H,29,30). The van der Waals surface area contributed by atoms with Crippen molar-refractivity contribution >= 4 is 29.6 Å². The molecule has 170 valence electrons. The van der Waals surface area contributed by atoms with Crippen molar-refractivity contribution in [2.24, 2.45) is 17.2 Å². The summed E-state index contributed by atoms with van der Waals surface area (Å²) in [4.78, 5) is 60.5. The number of rotatable bonds is 13. The lowest BCUT2D eigenvalue weighted by Gasteiger charge is -2.23. The van der Waals surface area contributed by atoms with E-state index in [1.165, 1.54) is 4.90 Å². The molecule has 1 aliphatic heterocycles. The zero-order valence-electron chi connectivity index (χ0n) is 17.0. The monoisotopic (exact) mass is 428 g/mol. The highest BCUT2D eigenvalue weighted by Gasteiger charge is 2.34. The predicted molar refractivity (Wildman–Crippen MR) is 107 cm³/mol. The van der Waals surface area contributed by atoms with Crippen molar-refractivity contribution in [3.63, 3.8) is 0 Å². The lowest BCUT2D eigenvalue weighted by Crippen LogP contribution is -2.53. The second-order valence-electron chi connectivity index (χ2n) is 7.26. The van der Waals surface area contributed by atoms with E-state index in [-0.39, 0.29) is 12.8 Å². The van der Waals surface area contributed by atoms with Crippen LogP contribution in [0, 0.1) is 0 Å². The molecule has 0 aliphatic carbocycles. The van der Waals surface area contributed by atoms with Crippen molar-refractivity contribution in [3.05, 3.63) is 0 Å². The minimum absolute atomic E-state index is 0.0575. The summed E-state index contributed by atoms with van der Waals surface area (Å²) in [5.74, 6) is -3.52. The molecule has 1 rings (SSSR count). The number of nitrogens with one attached hydrogen (secondary N) is 2. The highest BCUT2D eigenvalue weighted by Crippen LogP contribution is 2.17. The smallest absolute Gasteiger partial charge is 0.326 e. The average molecular weight is 428 g/mol. The predicted octanol–water partition coefficient (Wildman–Crippen LogP) is -2.62. The van der Waals surface area contributed by atoms with Gasteiger partial charge in [0, 0.05) is 13.0 Å². The molecular weight excluding hydrogens is 396 g/mol. The van der Waals surface area contributed by atoms with E-state index in [0.717, 1.165) is 0 Å². The zero-order valence-corrected chi connectivity index (χ0v) is 17.0. The molecule has 0 saturated carbocycles. The largest absolute Gasteiger partial charge is 0.480 e.